The largest absolute Gasteiger partial charge is 0.457 e. The first kappa shape index (κ1) is 18.8. The second-order valence-electron chi connectivity index (χ2n) is 6.21. The van der Waals surface area contributed by atoms with Crippen molar-refractivity contribution in [1.29, 1.82) is 5.26 Å². The Kier molecular flexibility index (Phi) is 5.06. The maximum Gasteiger partial charge on any atom is 0.338 e. The van der Waals surface area contributed by atoms with Crippen LogP contribution in [0.4, 0.5) is 8.78 Å². The third-order valence-electron chi connectivity index (χ3n) is 4.24. The minimum atomic E-state index is -2.71. The Morgan fingerprint density at radius 3 is 2.83 bits per heavy atom. The standard InChI is InChI=1S/C21H13F2N3O2S/c22-19(23)20-25-16-6-4-14(9-17(16)26-20)21(27)28-11-12-2-1-3-13(8-12)18-7-5-15(10-24)29-18/h1-9,19H,11H2,(H,25,26). The van der Waals surface area contributed by atoms with Gasteiger partial charge < -0.3 is 9.72 Å². The third-order valence-corrected chi connectivity index (χ3v) is 5.28. The van der Waals surface area contributed by atoms with Gasteiger partial charge in [0.2, 0.25) is 0 Å². The second kappa shape index (κ2) is 7.81. The van der Waals surface area contributed by atoms with Gasteiger partial charge in [-0.05, 0) is 47.5 Å². The number of nitriles is 1. The van der Waals surface area contributed by atoms with Gasteiger partial charge in [-0.1, -0.05) is 18.2 Å². The number of alkyl halides is 2. The van der Waals surface area contributed by atoms with Gasteiger partial charge in [-0.2, -0.15) is 5.26 Å². The molecule has 0 spiro atoms. The van der Waals surface area contributed by atoms with E-state index in [9.17, 15) is 13.6 Å². The molecular weight excluding hydrogens is 396 g/mol. The van der Waals surface area contributed by atoms with Gasteiger partial charge in [0.25, 0.3) is 6.43 Å². The summed E-state index contributed by atoms with van der Waals surface area (Å²) in [6.45, 7) is 0.0620. The molecule has 0 bridgehead atoms. The van der Waals surface area contributed by atoms with Crippen LogP contribution in [0.25, 0.3) is 21.5 Å². The average molecular weight is 409 g/mol. The summed E-state index contributed by atoms with van der Waals surface area (Å²) in [5.41, 5.74) is 2.68. The van der Waals surface area contributed by atoms with Crippen molar-refractivity contribution in [3.05, 3.63) is 76.4 Å². The number of halogens is 2. The number of hydrogen-bond acceptors (Lipinski definition) is 5. The average Bonchev–Trinajstić information content (AvgIpc) is 3.38. The van der Waals surface area contributed by atoms with E-state index in [1.54, 1.807) is 6.07 Å². The lowest BCUT2D eigenvalue weighted by molar-refractivity contribution is 0.0473. The number of hydrogen-bond donors (Lipinski definition) is 1. The molecule has 29 heavy (non-hydrogen) atoms. The maximum absolute atomic E-state index is 12.7. The van der Waals surface area contributed by atoms with Crippen molar-refractivity contribution < 1.29 is 18.3 Å². The molecule has 2 heterocycles. The summed E-state index contributed by atoms with van der Waals surface area (Å²) in [6, 6.07) is 17.7. The van der Waals surface area contributed by atoms with Crippen molar-refractivity contribution in [2.24, 2.45) is 0 Å². The summed E-state index contributed by atoms with van der Waals surface area (Å²) in [5.74, 6) is -0.996. The highest BCUT2D eigenvalue weighted by Crippen LogP contribution is 2.28. The van der Waals surface area contributed by atoms with Crippen molar-refractivity contribution in [1.82, 2.24) is 9.97 Å². The summed E-state index contributed by atoms with van der Waals surface area (Å²) in [5, 5.41) is 8.96. The lowest BCUT2D eigenvalue weighted by Gasteiger charge is -2.06. The fourth-order valence-electron chi connectivity index (χ4n) is 2.86. The zero-order valence-electron chi connectivity index (χ0n) is 14.9. The van der Waals surface area contributed by atoms with E-state index >= 15 is 0 Å². The van der Waals surface area contributed by atoms with Crippen molar-refractivity contribution >= 4 is 28.3 Å². The van der Waals surface area contributed by atoms with E-state index in [2.05, 4.69) is 16.0 Å². The monoisotopic (exact) mass is 409 g/mol. The number of imidazole rings is 1. The van der Waals surface area contributed by atoms with Crippen LogP contribution in [-0.4, -0.2) is 15.9 Å². The SMILES string of the molecule is N#Cc1ccc(-c2cccc(COC(=O)c3ccc4nc(C(F)F)[nH]c4c3)c2)s1. The molecule has 0 radical (unpaired) electrons. The van der Waals surface area contributed by atoms with E-state index in [1.807, 2.05) is 30.3 Å². The van der Waals surface area contributed by atoms with E-state index in [4.69, 9.17) is 10.00 Å². The van der Waals surface area contributed by atoms with Crippen molar-refractivity contribution in [3.8, 4) is 16.5 Å². The summed E-state index contributed by atoms with van der Waals surface area (Å²) in [4.78, 5) is 20.2. The minimum Gasteiger partial charge on any atom is -0.457 e. The van der Waals surface area contributed by atoms with E-state index in [1.165, 1.54) is 29.5 Å². The van der Waals surface area contributed by atoms with Crippen LogP contribution in [0.1, 0.15) is 33.0 Å². The molecule has 5 nitrogen and oxygen atoms in total. The molecule has 2 aromatic heterocycles. The first-order valence-corrected chi connectivity index (χ1v) is 9.39. The van der Waals surface area contributed by atoms with Crippen molar-refractivity contribution in [2.75, 3.05) is 0 Å². The Hall–Kier alpha value is -3.57. The molecule has 0 aliphatic heterocycles. The van der Waals surface area contributed by atoms with Gasteiger partial charge in [-0.3, -0.25) is 0 Å². The Bertz CT molecular complexity index is 1240. The predicted octanol–water partition coefficient (Wildman–Crippen LogP) is 5.46. The first-order chi connectivity index (χ1) is 14.0. The Balaban J connectivity index is 1.47. The quantitative estimate of drug-likeness (QED) is 0.444. The fourth-order valence-corrected chi connectivity index (χ4v) is 3.66. The fraction of sp³-hybridized carbons (Fsp3) is 0.0952. The van der Waals surface area contributed by atoms with E-state index in [-0.39, 0.29) is 12.2 Å². The Morgan fingerprint density at radius 2 is 2.07 bits per heavy atom. The third kappa shape index (κ3) is 4.00. The zero-order valence-corrected chi connectivity index (χ0v) is 15.7. The molecule has 2 aromatic carbocycles. The van der Waals surface area contributed by atoms with E-state index in [0.29, 0.717) is 15.9 Å². The number of rotatable bonds is 5. The summed E-state index contributed by atoms with van der Waals surface area (Å²) < 4.78 is 30.9. The van der Waals surface area contributed by atoms with Gasteiger partial charge in [0, 0.05) is 4.88 Å². The topological polar surface area (TPSA) is 78.8 Å². The van der Waals surface area contributed by atoms with Crippen LogP contribution in [0.5, 0.6) is 0 Å². The van der Waals surface area contributed by atoms with Gasteiger partial charge in [-0.15, -0.1) is 11.3 Å². The predicted molar refractivity (Wildman–Crippen MR) is 105 cm³/mol. The minimum absolute atomic E-state index is 0.0620. The number of ether oxygens (including phenoxy) is 1. The van der Waals surface area contributed by atoms with Gasteiger partial charge >= 0.3 is 5.97 Å². The highest BCUT2D eigenvalue weighted by Gasteiger charge is 2.15. The Morgan fingerprint density at radius 1 is 1.21 bits per heavy atom. The molecule has 0 fully saturated rings. The molecule has 0 aliphatic rings. The number of aromatic amines is 1. The van der Waals surface area contributed by atoms with Crippen LogP contribution >= 0.6 is 11.3 Å². The van der Waals surface area contributed by atoms with Gasteiger partial charge in [0.15, 0.2) is 5.82 Å². The number of nitrogens with zero attached hydrogens (tertiary/aromatic N) is 2. The number of carbonyl (C=O) groups is 1. The van der Waals surface area contributed by atoms with Crippen molar-refractivity contribution in [2.45, 2.75) is 13.0 Å². The number of thiophene rings is 1. The number of aromatic nitrogens is 2. The normalized spacial score (nSPS) is 11.0. The first-order valence-electron chi connectivity index (χ1n) is 8.57. The number of nitrogens with one attached hydrogen (secondary N) is 1. The highest BCUT2D eigenvalue weighted by molar-refractivity contribution is 7.16. The molecule has 4 rings (SSSR count). The van der Waals surface area contributed by atoms with Crippen LogP contribution in [0.2, 0.25) is 0 Å². The smallest absolute Gasteiger partial charge is 0.338 e. The molecule has 0 unspecified atom stereocenters. The molecular formula is C21H13F2N3O2S. The molecule has 1 N–H and O–H groups in total. The van der Waals surface area contributed by atoms with Gasteiger partial charge in [0.1, 0.15) is 17.6 Å². The number of esters is 1. The lowest BCUT2D eigenvalue weighted by Crippen LogP contribution is -2.05. The van der Waals surface area contributed by atoms with Crippen LogP contribution in [-0.2, 0) is 11.3 Å². The number of carbonyl (C=O) groups excluding carboxylic acids is 1. The molecule has 0 saturated heterocycles. The van der Waals surface area contributed by atoms with Gasteiger partial charge in [-0.25, -0.2) is 18.6 Å². The second-order valence-corrected chi connectivity index (χ2v) is 7.29. The van der Waals surface area contributed by atoms with Crippen LogP contribution < -0.4 is 0 Å². The van der Waals surface area contributed by atoms with Gasteiger partial charge in [0.05, 0.1) is 16.6 Å². The number of H-pyrrole nitrogens is 1. The molecule has 0 amide bonds. The molecule has 0 saturated carbocycles. The van der Waals surface area contributed by atoms with Crippen molar-refractivity contribution in [3.63, 3.8) is 0 Å². The van der Waals surface area contributed by atoms with Crippen LogP contribution in [0.3, 0.4) is 0 Å². The number of fused-ring (bicyclic) bond motifs is 1. The highest BCUT2D eigenvalue weighted by atomic mass is 32.1. The molecule has 0 atom stereocenters. The van der Waals surface area contributed by atoms with Crippen LogP contribution in [0.15, 0.2) is 54.6 Å². The van der Waals surface area contributed by atoms with E-state index < -0.39 is 18.2 Å². The number of benzene rings is 2. The summed E-state index contributed by atoms with van der Waals surface area (Å²) >= 11 is 1.39. The summed E-state index contributed by atoms with van der Waals surface area (Å²) in [6.07, 6.45) is -2.71. The summed E-state index contributed by atoms with van der Waals surface area (Å²) in [7, 11) is 0. The van der Waals surface area contributed by atoms with Crippen LogP contribution in [0, 0.1) is 11.3 Å². The molecule has 8 heteroatoms. The van der Waals surface area contributed by atoms with E-state index in [0.717, 1.165) is 16.0 Å². The molecule has 0 aliphatic carbocycles. The zero-order chi connectivity index (χ0) is 20.4. The Labute approximate surface area is 168 Å². The maximum atomic E-state index is 12.7. The lowest BCUT2D eigenvalue weighted by atomic mass is 10.1. The molecule has 4 aromatic rings. The molecule has 144 valence electrons.